The van der Waals surface area contributed by atoms with Crippen LogP contribution in [0.3, 0.4) is 0 Å². The molecule has 0 atom stereocenters. The summed E-state index contributed by atoms with van der Waals surface area (Å²) in [5.74, 6) is 0.379. The van der Waals surface area contributed by atoms with Gasteiger partial charge in [0.15, 0.2) is 11.6 Å². The van der Waals surface area contributed by atoms with Crippen molar-refractivity contribution < 1.29 is 9.13 Å². The number of hydrogen-bond donors (Lipinski definition) is 1. The van der Waals surface area contributed by atoms with Crippen LogP contribution in [-0.4, -0.2) is 41.1 Å². The van der Waals surface area contributed by atoms with Crippen LogP contribution in [0.25, 0.3) is 10.2 Å². The SMILES string of the molecule is CN1CCC(Oc2ccc(Nc3ncc4sccc4n3)cc2F)CC1. The molecule has 0 saturated carbocycles. The Morgan fingerprint density at radius 3 is 2.92 bits per heavy atom. The number of likely N-dealkylation sites (tertiary alicyclic amines) is 1. The molecule has 3 aromatic rings. The average molecular weight is 358 g/mol. The molecule has 1 aliphatic heterocycles. The normalized spacial score (nSPS) is 16.2. The highest BCUT2D eigenvalue weighted by atomic mass is 32.1. The second kappa shape index (κ2) is 6.93. The predicted octanol–water partition coefficient (Wildman–Crippen LogP) is 4.05. The van der Waals surface area contributed by atoms with Crippen LogP contribution < -0.4 is 10.1 Å². The number of nitrogens with one attached hydrogen (secondary N) is 1. The summed E-state index contributed by atoms with van der Waals surface area (Å²) in [7, 11) is 2.09. The number of benzene rings is 1. The number of thiophene rings is 1. The quantitative estimate of drug-likeness (QED) is 0.763. The number of ether oxygens (including phenoxy) is 1. The van der Waals surface area contributed by atoms with Crippen molar-refractivity contribution >= 4 is 33.2 Å². The van der Waals surface area contributed by atoms with E-state index in [9.17, 15) is 4.39 Å². The molecule has 0 aliphatic carbocycles. The van der Waals surface area contributed by atoms with E-state index in [-0.39, 0.29) is 11.9 Å². The number of nitrogens with zero attached hydrogens (tertiary/aromatic N) is 3. The fourth-order valence-electron chi connectivity index (χ4n) is 2.91. The van der Waals surface area contributed by atoms with Crippen LogP contribution in [-0.2, 0) is 0 Å². The Bertz CT molecular complexity index is 876. The molecule has 130 valence electrons. The van der Waals surface area contributed by atoms with Gasteiger partial charge in [0.05, 0.1) is 16.4 Å². The van der Waals surface area contributed by atoms with Gasteiger partial charge in [-0.1, -0.05) is 0 Å². The van der Waals surface area contributed by atoms with Gasteiger partial charge in [-0.2, -0.15) is 0 Å². The molecular weight excluding hydrogens is 339 g/mol. The molecule has 2 aromatic heterocycles. The number of halogens is 1. The van der Waals surface area contributed by atoms with Crippen LogP contribution in [0, 0.1) is 5.82 Å². The molecule has 3 heterocycles. The Labute approximate surface area is 149 Å². The van der Waals surface area contributed by atoms with Crippen molar-refractivity contribution in [3.8, 4) is 5.75 Å². The number of anilines is 2. The van der Waals surface area contributed by atoms with Gasteiger partial charge in [0.2, 0.25) is 5.95 Å². The van der Waals surface area contributed by atoms with Gasteiger partial charge in [-0.3, -0.25) is 0 Å². The minimum absolute atomic E-state index is 0.0776. The molecule has 1 aliphatic rings. The van der Waals surface area contributed by atoms with Crippen molar-refractivity contribution in [2.24, 2.45) is 0 Å². The summed E-state index contributed by atoms with van der Waals surface area (Å²) in [4.78, 5) is 10.9. The Kier molecular flexibility index (Phi) is 4.50. The van der Waals surface area contributed by atoms with E-state index in [2.05, 4.69) is 27.2 Å². The van der Waals surface area contributed by atoms with E-state index < -0.39 is 0 Å². The lowest BCUT2D eigenvalue weighted by Gasteiger charge is -2.29. The average Bonchev–Trinajstić information content (AvgIpc) is 3.07. The van der Waals surface area contributed by atoms with E-state index in [1.165, 1.54) is 6.07 Å². The van der Waals surface area contributed by atoms with Crippen LogP contribution in [0.4, 0.5) is 16.0 Å². The predicted molar refractivity (Wildman–Crippen MR) is 98.2 cm³/mol. The zero-order valence-corrected chi connectivity index (χ0v) is 14.7. The topological polar surface area (TPSA) is 50.3 Å². The maximum absolute atomic E-state index is 14.4. The molecule has 7 heteroatoms. The molecule has 1 saturated heterocycles. The van der Waals surface area contributed by atoms with E-state index in [0.29, 0.717) is 17.4 Å². The first-order valence-corrected chi connectivity index (χ1v) is 9.17. The Morgan fingerprint density at radius 1 is 1.28 bits per heavy atom. The molecule has 4 rings (SSSR count). The van der Waals surface area contributed by atoms with E-state index in [0.717, 1.165) is 36.1 Å². The lowest BCUT2D eigenvalue weighted by atomic mass is 10.1. The largest absolute Gasteiger partial charge is 0.487 e. The maximum Gasteiger partial charge on any atom is 0.227 e. The Morgan fingerprint density at radius 2 is 2.12 bits per heavy atom. The number of aromatic nitrogens is 2. The number of rotatable bonds is 4. The van der Waals surface area contributed by atoms with Crippen LogP contribution >= 0.6 is 11.3 Å². The van der Waals surface area contributed by atoms with E-state index in [1.807, 2.05) is 11.4 Å². The number of hydrogen-bond acceptors (Lipinski definition) is 6. The summed E-state index contributed by atoms with van der Waals surface area (Å²) in [6.45, 7) is 1.96. The fourth-order valence-corrected chi connectivity index (χ4v) is 3.60. The summed E-state index contributed by atoms with van der Waals surface area (Å²) >= 11 is 1.59. The van der Waals surface area contributed by atoms with Crippen molar-refractivity contribution in [1.29, 1.82) is 0 Å². The van der Waals surface area contributed by atoms with Crippen LogP contribution in [0.1, 0.15) is 12.8 Å². The van der Waals surface area contributed by atoms with Crippen molar-refractivity contribution in [3.63, 3.8) is 0 Å². The van der Waals surface area contributed by atoms with Gasteiger partial charge in [-0.15, -0.1) is 11.3 Å². The van der Waals surface area contributed by atoms with Crippen LogP contribution in [0.5, 0.6) is 5.75 Å². The first kappa shape index (κ1) is 16.2. The molecule has 0 amide bonds. The first-order chi connectivity index (χ1) is 12.2. The summed E-state index contributed by atoms with van der Waals surface area (Å²) < 4.78 is 21.2. The fraction of sp³-hybridized carbons (Fsp3) is 0.333. The number of fused-ring (bicyclic) bond motifs is 1. The summed E-state index contributed by atoms with van der Waals surface area (Å²) in [5, 5.41) is 5.01. The van der Waals surface area contributed by atoms with E-state index >= 15 is 0 Å². The standard InChI is InChI=1S/C18H19FN4OS/c1-23-7-4-13(5-8-23)24-16-3-2-12(10-14(16)19)21-18-20-11-17-15(22-18)6-9-25-17/h2-3,6,9-11,13H,4-5,7-8H2,1H3,(H,20,21,22). The second-order valence-electron chi connectivity index (χ2n) is 6.25. The van der Waals surface area contributed by atoms with Gasteiger partial charge in [-0.25, -0.2) is 14.4 Å². The van der Waals surface area contributed by atoms with Gasteiger partial charge >= 0.3 is 0 Å². The van der Waals surface area contributed by atoms with Gasteiger partial charge < -0.3 is 15.0 Å². The van der Waals surface area contributed by atoms with Gasteiger partial charge in [0, 0.05) is 24.8 Å². The zero-order valence-electron chi connectivity index (χ0n) is 13.9. The monoisotopic (exact) mass is 358 g/mol. The van der Waals surface area contributed by atoms with Gasteiger partial charge in [-0.05, 0) is 43.5 Å². The molecular formula is C18H19FN4OS. The molecule has 5 nitrogen and oxygen atoms in total. The highest BCUT2D eigenvalue weighted by Crippen LogP contribution is 2.26. The molecule has 0 radical (unpaired) electrons. The lowest BCUT2D eigenvalue weighted by molar-refractivity contribution is 0.110. The summed E-state index contributed by atoms with van der Waals surface area (Å²) in [6.07, 6.45) is 3.69. The van der Waals surface area contributed by atoms with Crippen molar-refractivity contribution in [2.75, 3.05) is 25.5 Å². The third-order valence-corrected chi connectivity index (χ3v) is 5.19. The zero-order chi connectivity index (χ0) is 17.2. The molecule has 1 fully saturated rings. The third-order valence-electron chi connectivity index (χ3n) is 4.35. The third kappa shape index (κ3) is 3.72. The molecule has 0 spiro atoms. The smallest absolute Gasteiger partial charge is 0.227 e. The van der Waals surface area contributed by atoms with Crippen LogP contribution in [0.15, 0.2) is 35.8 Å². The first-order valence-electron chi connectivity index (χ1n) is 8.29. The van der Waals surface area contributed by atoms with Gasteiger partial charge in [0.1, 0.15) is 6.10 Å². The highest BCUT2D eigenvalue weighted by molar-refractivity contribution is 7.17. The van der Waals surface area contributed by atoms with Crippen molar-refractivity contribution in [1.82, 2.24) is 14.9 Å². The van der Waals surface area contributed by atoms with E-state index in [4.69, 9.17) is 4.74 Å². The molecule has 1 aromatic carbocycles. The summed E-state index contributed by atoms with van der Waals surface area (Å²) in [5.41, 5.74) is 1.48. The Hall–Kier alpha value is -2.25. The molecule has 0 unspecified atom stereocenters. The van der Waals surface area contributed by atoms with E-state index in [1.54, 1.807) is 29.7 Å². The van der Waals surface area contributed by atoms with Crippen molar-refractivity contribution in [3.05, 3.63) is 41.7 Å². The second-order valence-corrected chi connectivity index (χ2v) is 7.20. The minimum Gasteiger partial charge on any atom is -0.487 e. The van der Waals surface area contributed by atoms with Gasteiger partial charge in [0.25, 0.3) is 0 Å². The van der Waals surface area contributed by atoms with Crippen molar-refractivity contribution in [2.45, 2.75) is 18.9 Å². The lowest BCUT2D eigenvalue weighted by Crippen LogP contribution is -2.35. The molecule has 1 N–H and O–H groups in total. The highest BCUT2D eigenvalue weighted by Gasteiger charge is 2.19. The Balaban J connectivity index is 1.45. The van der Waals surface area contributed by atoms with Crippen LogP contribution in [0.2, 0.25) is 0 Å². The molecule has 0 bridgehead atoms. The number of piperidine rings is 1. The summed E-state index contributed by atoms with van der Waals surface area (Å²) in [6, 6.07) is 6.81. The maximum atomic E-state index is 14.4. The molecule has 25 heavy (non-hydrogen) atoms. The minimum atomic E-state index is -0.375.